The van der Waals surface area contributed by atoms with Gasteiger partial charge in [0.05, 0.1) is 10.6 Å². The number of sulfonamides is 1. The molecule has 0 aromatic heterocycles. The van der Waals surface area contributed by atoms with Gasteiger partial charge in [-0.1, -0.05) is 42.5 Å². The number of rotatable bonds is 4. The van der Waals surface area contributed by atoms with Crippen LogP contribution in [0.2, 0.25) is 0 Å². The molecule has 0 bridgehead atoms. The van der Waals surface area contributed by atoms with Gasteiger partial charge in [-0.15, -0.1) is 16.6 Å². The van der Waals surface area contributed by atoms with Crippen molar-refractivity contribution >= 4 is 27.7 Å². The first-order valence-corrected chi connectivity index (χ1v) is 9.58. The van der Waals surface area contributed by atoms with Crippen LogP contribution in [0.15, 0.2) is 59.5 Å². The van der Waals surface area contributed by atoms with Crippen LogP contribution in [0.4, 0.5) is 0 Å². The Morgan fingerprint density at radius 2 is 1.87 bits per heavy atom. The third-order valence-corrected chi connectivity index (χ3v) is 5.99. The number of hydrogen-bond acceptors (Lipinski definition) is 4. The molecule has 0 aliphatic carbocycles. The first-order valence-electron chi connectivity index (χ1n) is 7.05. The van der Waals surface area contributed by atoms with E-state index in [1.807, 2.05) is 43.3 Å². The Labute approximate surface area is 139 Å². The van der Waals surface area contributed by atoms with E-state index >= 15 is 0 Å². The number of thioether (sulfide) groups is 1. The lowest BCUT2D eigenvalue weighted by Crippen LogP contribution is -2.44. The minimum absolute atomic E-state index is 0.147. The number of hydrogen-bond donors (Lipinski definition) is 1. The van der Waals surface area contributed by atoms with E-state index < -0.39 is 10.0 Å². The molecular formula is C16H16N2O3S2. The summed E-state index contributed by atoms with van der Waals surface area (Å²) < 4.78 is 25.1. The summed E-state index contributed by atoms with van der Waals surface area (Å²) in [5.41, 5.74) is 1.73. The Morgan fingerprint density at radius 3 is 2.57 bits per heavy atom. The zero-order valence-corrected chi connectivity index (χ0v) is 14.1. The molecule has 5 nitrogen and oxygen atoms in total. The van der Waals surface area contributed by atoms with Gasteiger partial charge in [-0.05, 0) is 30.2 Å². The highest BCUT2D eigenvalue weighted by molar-refractivity contribution is 8.00. The Bertz CT molecular complexity index is 822. The number of carbonyl (C=O) groups is 1. The van der Waals surface area contributed by atoms with Gasteiger partial charge in [0.2, 0.25) is 5.91 Å². The molecule has 0 radical (unpaired) electrons. The lowest BCUT2D eigenvalue weighted by molar-refractivity contribution is -0.129. The molecule has 1 atom stereocenters. The zero-order chi connectivity index (χ0) is 16.4. The van der Waals surface area contributed by atoms with Crippen LogP contribution in [0.25, 0.3) is 0 Å². The predicted molar refractivity (Wildman–Crippen MR) is 90.0 cm³/mol. The molecule has 1 saturated heterocycles. The lowest BCUT2D eigenvalue weighted by atomic mass is 10.2. The van der Waals surface area contributed by atoms with Crippen LogP contribution in [0.5, 0.6) is 0 Å². The molecule has 1 aliphatic heterocycles. The fraction of sp³-hybridized carbons (Fsp3) is 0.188. The fourth-order valence-electron chi connectivity index (χ4n) is 2.35. The molecule has 120 valence electrons. The predicted octanol–water partition coefficient (Wildman–Crippen LogP) is 2.46. The summed E-state index contributed by atoms with van der Waals surface area (Å²) in [6.45, 7) is 1.82. The van der Waals surface area contributed by atoms with Gasteiger partial charge in [-0.25, -0.2) is 13.4 Å². The van der Waals surface area contributed by atoms with Gasteiger partial charge in [0, 0.05) is 0 Å². The van der Waals surface area contributed by atoms with E-state index in [0.717, 1.165) is 11.1 Å². The van der Waals surface area contributed by atoms with Gasteiger partial charge >= 0.3 is 0 Å². The van der Waals surface area contributed by atoms with Crippen LogP contribution in [-0.4, -0.2) is 25.1 Å². The van der Waals surface area contributed by atoms with Crippen LogP contribution < -0.4 is 4.83 Å². The van der Waals surface area contributed by atoms with E-state index in [-0.39, 0.29) is 21.9 Å². The second-order valence-corrected chi connectivity index (χ2v) is 7.98. The number of aryl methyl sites for hydroxylation is 1. The molecule has 7 heteroatoms. The SMILES string of the molecule is Cc1cccc(S(=O)(=O)NN2C(=O)CSC2c2ccccc2)c1. The molecule has 1 aliphatic rings. The number of hydrazine groups is 1. The maximum Gasteiger partial charge on any atom is 0.257 e. The first-order chi connectivity index (χ1) is 11.0. The van der Waals surface area contributed by atoms with Crippen LogP contribution in [0.3, 0.4) is 0 Å². The van der Waals surface area contributed by atoms with Gasteiger partial charge in [0.25, 0.3) is 10.0 Å². The quantitative estimate of drug-likeness (QED) is 0.922. The van der Waals surface area contributed by atoms with E-state index in [2.05, 4.69) is 4.83 Å². The molecule has 1 N–H and O–H groups in total. The van der Waals surface area contributed by atoms with E-state index in [0.29, 0.717) is 0 Å². The van der Waals surface area contributed by atoms with E-state index in [9.17, 15) is 13.2 Å². The average Bonchev–Trinajstić information content (AvgIpc) is 2.89. The molecule has 0 saturated carbocycles. The second-order valence-electron chi connectivity index (χ2n) is 5.25. The third-order valence-electron chi connectivity index (χ3n) is 3.47. The number of carbonyl (C=O) groups excluding carboxylic acids is 1. The molecule has 23 heavy (non-hydrogen) atoms. The third kappa shape index (κ3) is 3.41. The van der Waals surface area contributed by atoms with Gasteiger partial charge in [-0.2, -0.15) is 0 Å². The van der Waals surface area contributed by atoms with Crippen molar-refractivity contribution in [1.82, 2.24) is 9.84 Å². The Hall–Kier alpha value is -1.83. The maximum atomic E-state index is 12.5. The molecule has 3 rings (SSSR count). The lowest BCUT2D eigenvalue weighted by Gasteiger charge is -2.24. The highest BCUT2D eigenvalue weighted by Crippen LogP contribution is 2.37. The highest BCUT2D eigenvalue weighted by Gasteiger charge is 2.36. The van der Waals surface area contributed by atoms with E-state index in [4.69, 9.17) is 0 Å². The van der Waals surface area contributed by atoms with Crippen LogP contribution in [0.1, 0.15) is 16.5 Å². The van der Waals surface area contributed by atoms with E-state index in [1.165, 1.54) is 22.8 Å². The van der Waals surface area contributed by atoms with E-state index in [1.54, 1.807) is 12.1 Å². The smallest absolute Gasteiger partial charge is 0.257 e. The molecule has 2 aromatic carbocycles. The van der Waals surface area contributed by atoms with Crippen LogP contribution >= 0.6 is 11.8 Å². The van der Waals surface area contributed by atoms with Crippen molar-refractivity contribution in [3.05, 3.63) is 65.7 Å². The summed E-state index contributed by atoms with van der Waals surface area (Å²) in [7, 11) is -3.80. The molecule has 1 amide bonds. The second kappa shape index (κ2) is 6.35. The largest absolute Gasteiger partial charge is 0.272 e. The molecule has 1 unspecified atom stereocenters. The molecule has 1 heterocycles. The zero-order valence-electron chi connectivity index (χ0n) is 12.5. The minimum atomic E-state index is -3.80. The summed E-state index contributed by atoms with van der Waals surface area (Å²) in [5.74, 6) is -0.00399. The molecule has 2 aromatic rings. The first kappa shape index (κ1) is 16.0. The Balaban J connectivity index is 1.89. The monoisotopic (exact) mass is 348 g/mol. The van der Waals surface area contributed by atoms with Crippen molar-refractivity contribution in [3.63, 3.8) is 0 Å². The maximum absolute atomic E-state index is 12.5. The summed E-state index contributed by atoms with van der Waals surface area (Å²) in [4.78, 5) is 14.7. The van der Waals surface area contributed by atoms with Crippen molar-refractivity contribution in [2.45, 2.75) is 17.2 Å². The number of nitrogens with one attached hydrogen (secondary N) is 1. The standard InChI is InChI=1S/C16H16N2O3S2/c1-12-6-5-9-14(10-12)23(20,21)17-18-15(19)11-22-16(18)13-7-3-2-4-8-13/h2-10,16-17H,11H2,1H3. The number of amides is 1. The van der Waals surface area contributed by atoms with Crippen molar-refractivity contribution in [2.24, 2.45) is 0 Å². The van der Waals surface area contributed by atoms with Crippen LogP contribution in [-0.2, 0) is 14.8 Å². The van der Waals surface area contributed by atoms with Crippen molar-refractivity contribution < 1.29 is 13.2 Å². The van der Waals surface area contributed by atoms with Gasteiger partial charge < -0.3 is 0 Å². The summed E-state index contributed by atoms with van der Waals surface area (Å²) >= 11 is 1.40. The Kier molecular flexibility index (Phi) is 4.43. The number of nitrogens with zero attached hydrogens (tertiary/aromatic N) is 1. The molecule has 0 spiro atoms. The topological polar surface area (TPSA) is 66.5 Å². The van der Waals surface area contributed by atoms with Crippen molar-refractivity contribution in [1.29, 1.82) is 0 Å². The normalized spacial score (nSPS) is 18.4. The van der Waals surface area contributed by atoms with Crippen molar-refractivity contribution in [2.75, 3.05) is 5.75 Å². The minimum Gasteiger partial charge on any atom is -0.272 e. The summed E-state index contributed by atoms with van der Waals surface area (Å²) in [5, 5.41) is 0.848. The van der Waals surface area contributed by atoms with Gasteiger partial charge in [0.1, 0.15) is 5.37 Å². The van der Waals surface area contributed by atoms with Crippen LogP contribution in [0, 0.1) is 6.92 Å². The Morgan fingerprint density at radius 1 is 1.13 bits per heavy atom. The summed E-state index contributed by atoms with van der Waals surface area (Å²) in [6.07, 6.45) is 0. The fourth-order valence-corrected chi connectivity index (χ4v) is 4.70. The number of benzene rings is 2. The summed E-state index contributed by atoms with van der Waals surface area (Å²) in [6, 6.07) is 16.0. The average molecular weight is 348 g/mol. The molecule has 1 fully saturated rings. The van der Waals surface area contributed by atoms with Gasteiger partial charge in [0.15, 0.2) is 0 Å². The van der Waals surface area contributed by atoms with Crippen molar-refractivity contribution in [3.8, 4) is 0 Å². The molecular weight excluding hydrogens is 332 g/mol. The highest BCUT2D eigenvalue weighted by atomic mass is 32.2. The van der Waals surface area contributed by atoms with Gasteiger partial charge in [-0.3, -0.25) is 4.79 Å².